The van der Waals surface area contributed by atoms with Crippen molar-refractivity contribution in [3.05, 3.63) is 78.2 Å². The Kier molecular flexibility index (Phi) is 5.39. The third kappa shape index (κ3) is 3.59. The number of ether oxygens (including phenoxy) is 1. The number of benzene rings is 2. The van der Waals surface area contributed by atoms with Gasteiger partial charge in [-0.05, 0) is 44.2 Å². The first-order valence-electron chi connectivity index (χ1n) is 9.81. The van der Waals surface area contributed by atoms with Gasteiger partial charge in [0.25, 0.3) is 0 Å². The van der Waals surface area contributed by atoms with E-state index in [1.54, 1.807) is 18.3 Å². The van der Waals surface area contributed by atoms with Crippen LogP contribution in [-0.4, -0.2) is 23.3 Å². The van der Waals surface area contributed by atoms with Crippen LogP contribution in [0, 0.1) is 6.92 Å². The number of carbonyl (C=O) groups excluding carboxylic acids is 1. The van der Waals surface area contributed by atoms with Gasteiger partial charge in [-0.1, -0.05) is 24.3 Å². The van der Waals surface area contributed by atoms with Crippen molar-refractivity contribution in [2.24, 2.45) is 5.10 Å². The molecule has 0 atom stereocenters. The van der Waals surface area contributed by atoms with Crippen molar-refractivity contribution in [1.29, 1.82) is 0 Å². The molecular formula is C24H23N3O3. The van der Waals surface area contributed by atoms with E-state index in [0.717, 1.165) is 33.3 Å². The predicted molar refractivity (Wildman–Crippen MR) is 119 cm³/mol. The van der Waals surface area contributed by atoms with Gasteiger partial charge in [-0.25, -0.2) is 5.43 Å². The first kappa shape index (κ1) is 19.5. The molecule has 152 valence electrons. The zero-order chi connectivity index (χ0) is 21.1. The van der Waals surface area contributed by atoms with Crippen molar-refractivity contribution < 1.29 is 13.9 Å². The molecule has 2 aromatic carbocycles. The lowest BCUT2D eigenvalue weighted by Crippen LogP contribution is -2.16. The number of amides is 1. The van der Waals surface area contributed by atoms with Gasteiger partial charge in [0.1, 0.15) is 11.3 Å². The zero-order valence-corrected chi connectivity index (χ0v) is 17.0. The number of carbonyl (C=O) groups is 1. The summed E-state index contributed by atoms with van der Waals surface area (Å²) in [4.78, 5) is 12.5. The summed E-state index contributed by atoms with van der Waals surface area (Å²) in [6, 6.07) is 15.2. The molecule has 0 saturated carbocycles. The minimum atomic E-state index is -0.409. The first-order valence-corrected chi connectivity index (χ1v) is 9.81. The van der Waals surface area contributed by atoms with Crippen molar-refractivity contribution >= 4 is 34.0 Å². The van der Waals surface area contributed by atoms with Gasteiger partial charge >= 0.3 is 5.91 Å². The molecule has 6 nitrogen and oxygen atoms in total. The van der Waals surface area contributed by atoms with E-state index >= 15 is 0 Å². The second-order valence-electron chi connectivity index (χ2n) is 6.86. The third-order valence-electron chi connectivity index (χ3n) is 4.97. The summed E-state index contributed by atoms with van der Waals surface area (Å²) in [5, 5.41) is 6.05. The maximum absolute atomic E-state index is 12.5. The van der Waals surface area contributed by atoms with Gasteiger partial charge in [0.15, 0.2) is 5.76 Å². The third-order valence-corrected chi connectivity index (χ3v) is 4.97. The van der Waals surface area contributed by atoms with Crippen molar-refractivity contribution in [1.82, 2.24) is 9.99 Å². The van der Waals surface area contributed by atoms with Gasteiger partial charge in [-0.2, -0.15) is 5.10 Å². The van der Waals surface area contributed by atoms with E-state index in [-0.39, 0.29) is 5.76 Å². The highest BCUT2D eigenvalue weighted by molar-refractivity contribution is 6.02. The van der Waals surface area contributed by atoms with Gasteiger partial charge < -0.3 is 13.7 Å². The summed E-state index contributed by atoms with van der Waals surface area (Å²) >= 11 is 0. The average molecular weight is 401 g/mol. The number of hydrogen-bond acceptors (Lipinski definition) is 4. The van der Waals surface area contributed by atoms with E-state index in [9.17, 15) is 4.79 Å². The standard InChI is InChI=1S/C24H23N3O3/c1-4-12-27-16(3)20(19-8-6-7-9-21(19)27)15-25-26-24(28)23-14-17-13-18(29-5-2)10-11-22(17)30-23/h4,6-11,13-15H,1,5,12H2,2-3H3,(H,26,28)/b25-15+. The lowest BCUT2D eigenvalue weighted by Gasteiger charge is -2.03. The highest BCUT2D eigenvalue weighted by Gasteiger charge is 2.14. The second kappa shape index (κ2) is 8.29. The van der Waals surface area contributed by atoms with E-state index in [4.69, 9.17) is 9.15 Å². The molecule has 0 fully saturated rings. The smallest absolute Gasteiger partial charge is 0.307 e. The largest absolute Gasteiger partial charge is 0.494 e. The number of allylic oxidation sites excluding steroid dienone is 1. The average Bonchev–Trinajstić information content (AvgIpc) is 3.29. The molecule has 1 N–H and O–H groups in total. The Hall–Kier alpha value is -3.80. The van der Waals surface area contributed by atoms with Crippen LogP contribution >= 0.6 is 0 Å². The molecule has 0 spiro atoms. The van der Waals surface area contributed by atoms with Crippen molar-refractivity contribution in [3.63, 3.8) is 0 Å². The molecule has 0 aliphatic carbocycles. The summed E-state index contributed by atoms with van der Waals surface area (Å²) < 4.78 is 13.3. The van der Waals surface area contributed by atoms with Gasteiger partial charge in [0.2, 0.25) is 0 Å². The molecule has 0 aliphatic rings. The quantitative estimate of drug-likeness (QED) is 0.268. The Bertz CT molecular complexity index is 1260. The van der Waals surface area contributed by atoms with E-state index < -0.39 is 5.91 Å². The molecule has 6 heteroatoms. The molecule has 0 radical (unpaired) electrons. The van der Waals surface area contributed by atoms with E-state index in [1.807, 2.05) is 50.3 Å². The fourth-order valence-corrected chi connectivity index (χ4v) is 3.59. The van der Waals surface area contributed by atoms with E-state index in [0.29, 0.717) is 18.7 Å². The van der Waals surface area contributed by atoms with Gasteiger partial charge in [-0.3, -0.25) is 4.79 Å². The van der Waals surface area contributed by atoms with Crippen LogP contribution in [0.2, 0.25) is 0 Å². The normalized spacial score (nSPS) is 11.4. The number of furan rings is 1. The van der Waals surface area contributed by atoms with Crippen LogP contribution in [0.5, 0.6) is 5.75 Å². The summed E-state index contributed by atoms with van der Waals surface area (Å²) in [5.74, 6) is 0.525. The fourth-order valence-electron chi connectivity index (χ4n) is 3.59. The van der Waals surface area contributed by atoms with Crippen LogP contribution in [0.25, 0.3) is 21.9 Å². The molecule has 0 unspecified atom stereocenters. The minimum absolute atomic E-state index is 0.196. The highest BCUT2D eigenvalue weighted by atomic mass is 16.5. The number of para-hydroxylation sites is 1. The van der Waals surface area contributed by atoms with Crippen LogP contribution in [0.1, 0.15) is 28.7 Å². The highest BCUT2D eigenvalue weighted by Crippen LogP contribution is 2.25. The van der Waals surface area contributed by atoms with Crippen molar-refractivity contribution in [2.75, 3.05) is 6.61 Å². The monoisotopic (exact) mass is 401 g/mol. The Morgan fingerprint density at radius 3 is 2.90 bits per heavy atom. The number of hydrogen-bond donors (Lipinski definition) is 1. The summed E-state index contributed by atoms with van der Waals surface area (Å²) in [6.07, 6.45) is 3.53. The van der Waals surface area contributed by atoms with Crippen LogP contribution in [0.15, 0.2) is 70.7 Å². The molecule has 1 amide bonds. The SMILES string of the molecule is C=CCn1c(C)c(/C=N/NC(=O)c2cc3cc(OCC)ccc3o2)c2ccccc21. The van der Waals surface area contributed by atoms with Crippen LogP contribution < -0.4 is 10.2 Å². The maximum Gasteiger partial charge on any atom is 0.307 e. The number of rotatable bonds is 7. The lowest BCUT2D eigenvalue weighted by molar-refractivity contribution is 0.0929. The minimum Gasteiger partial charge on any atom is -0.494 e. The molecule has 30 heavy (non-hydrogen) atoms. The van der Waals surface area contributed by atoms with Gasteiger partial charge in [0.05, 0.1) is 12.8 Å². The fraction of sp³-hybridized carbons (Fsp3) is 0.167. The van der Waals surface area contributed by atoms with E-state index in [1.165, 1.54) is 0 Å². The molecule has 0 saturated heterocycles. The Morgan fingerprint density at radius 1 is 1.27 bits per heavy atom. The predicted octanol–water partition coefficient (Wildman–Crippen LogP) is 5.04. The van der Waals surface area contributed by atoms with Gasteiger partial charge in [0, 0.05) is 34.1 Å². The molecule has 2 aromatic heterocycles. The number of nitrogens with one attached hydrogen (secondary N) is 1. The molecule has 0 aliphatic heterocycles. The zero-order valence-electron chi connectivity index (χ0n) is 17.0. The van der Waals surface area contributed by atoms with Crippen LogP contribution in [0.3, 0.4) is 0 Å². The maximum atomic E-state index is 12.5. The number of fused-ring (bicyclic) bond motifs is 2. The summed E-state index contributed by atoms with van der Waals surface area (Å²) in [7, 11) is 0. The number of hydrazone groups is 1. The molecule has 0 bridgehead atoms. The molecule has 4 aromatic rings. The Balaban J connectivity index is 1.56. The van der Waals surface area contributed by atoms with Crippen molar-refractivity contribution in [3.8, 4) is 5.75 Å². The summed E-state index contributed by atoms with van der Waals surface area (Å²) in [6.45, 7) is 9.07. The second-order valence-corrected chi connectivity index (χ2v) is 6.86. The van der Waals surface area contributed by atoms with Gasteiger partial charge in [-0.15, -0.1) is 6.58 Å². The number of aromatic nitrogens is 1. The van der Waals surface area contributed by atoms with Crippen LogP contribution in [-0.2, 0) is 6.54 Å². The topological polar surface area (TPSA) is 68.8 Å². The van der Waals surface area contributed by atoms with Crippen molar-refractivity contribution in [2.45, 2.75) is 20.4 Å². The molecular weight excluding hydrogens is 378 g/mol. The molecule has 4 rings (SSSR count). The van der Waals surface area contributed by atoms with Crippen LogP contribution in [0.4, 0.5) is 0 Å². The lowest BCUT2D eigenvalue weighted by atomic mass is 10.1. The Labute approximate surface area is 174 Å². The molecule has 2 heterocycles. The number of nitrogens with zero attached hydrogens (tertiary/aromatic N) is 2. The Morgan fingerprint density at radius 2 is 2.10 bits per heavy atom. The first-order chi connectivity index (χ1) is 14.6. The summed E-state index contributed by atoms with van der Waals surface area (Å²) in [5.41, 5.74) is 6.29. The van der Waals surface area contributed by atoms with E-state index in [2.05, 4.69) is 27.7 Å².